The van der Waals surface area contributed by atoms with Crippen LogP contribution in [0.1, 0.15) is 34.6 Å². The lowest BCUT2D eigenvalue weighted by atomic mass is 9.90. The first kappa shape index (κ1) is 21.1. The Hall–Kier alpha value is -3.80. The first-order chi connectivity index (χ1) is 16.2. The van der Waals surface area contributed by atoms with Crippen molar-refractivity contribution in [2.24, 2.45) is 5.92 Å². The van der Waals surface area contributed by atoms with Crippen molar-refractivity contribution < 1.29 is 4.79 Å². The third-order valence-corrected chi connectivity index (χ3v) is 6.31. The standard InChI is InChI=1S/C27H27N5O/c1-19-10-11-22-23(28-19)8-5-9-24(22)29-27(33)25-12-13-26(31-30-25)32-16-14-21(15-17-32)18-20-6-3-2-4-7-20/h2-13,21H,14-18H2,1H3,(H,29,33). The first-order valence-corrected chi connectivity index (χ1v) is 11.5. The summed E-state index contributed by atoms with van der Waals surface area (Å²) in [5.74, 6) is 1.25. The lowest BCUT2D eigenvalue weighted by Gasteiger charge is -2.32. The summed E-state index contributed by atoms with van der Waals surface area (Å²) < 4.78 is 0. The van der Waals surface area contributed by atoms with Crippen molar-refractivity contribution in [1.82, 2.24) is 15.2 Å². The molecular formula is C27H27N5O. The van der Waals surface area contributed by atoms with E-state index in [1.807, 2.05) is 43.3 Å². The lowest BCUT2D eigenvalue weighted by molar-refractivity contribution is 0.102. The second-order valence-corrected chi connectivity index (χ2v) is 8.68. The Morgan fingerprint density at radius 3 is 2.52 bits per heavy atom. The topological polar surface area (TPSA) is 71.0 Å². The van der Waals surface area contributed by atoms with Crippen LogP contribution in [0, 0.1) is 12.8 Å². The van der Waals surface area contributed by atoms with Crippen molar-refractivity contribution >= 4 is 28.3 Å². The Bertz CT molecular complexity index is 1250. The molecule has 5 rings (SSSR count). The van der Waals surface area contributed by atoms with Crippen molar-refractivity contribution in [1.29, 1.82) is 0 Å². The van der Waals surface area contributed by atoms with Gasteiger partial charge in [0.15, 0.2) is 11.5 Å². The molecule has 0 spiro atoms. The summed E-state index contributed by atoms with van der Waals surface area (Å²) in [6, 6.07) is 24.0. The van der Waals surface area contributed by atoms with Crippen LogP contribution in [0.4, 0.5) is 11.5 Å². The van der Waals surface area contributed by atoms with Crippen molar-refractivity contribution in [3.05, 3.63) is 89.7 Å². The number of amides is 1. The fourth-order valence-electron chi connectivity index (χ4n) is 4.48. The molecule has 0 saturated carbocycles. The minimum absolute atomic E-state index is 0.274. The van der Waals surface area contributed by atoms with Gasteiger partial charge in [0.2, 0.25) is 0 Å². The maximum atomic E-state index is 12.8. The fourth-order valence-corrected chi connectivity index (χ4v) is 4.48. The highest BCUT2D eigenvalue weighted by Gasteiger charge is 2.21. The predicted octanol–water partition coefficient (Wildman–Crippen LogP) is 5.04. The molecular weight excluding hydrogens is 410 g/mol. The van der Waals surface area contributed by atoms with Crippen LogP contribution >= 0.6 is 0 Å². The number of benzene rings is 2. The van der Waals surface area contributed by atoms with Gasteiger partial charge in [0.05, 0.1) is 11.2 Å². The summed E-state index contributed by atoms with van der Waals surface area (Å²) in [6.07, 6.45) is 3.39. The number of aryl methyl sites for hydroxylation is 1. The molecule has 166 valence electrons. The molecule has 1 aliphatic rings. The fraction of sp³-hybridized carbons (Fsp3) is 0.259. The maximum Gasteiger partial charge on any atom is 0.276 e. The van der Waals surface area contributed by atoms with E-state index in [2.05, 4.69) is 55.7 Å². The van der Waals surface area contributed by atoms with Crippen molar-refractivity contribution in [3.63, 3.8) is 0 Å². The number of nitrogens with one attached hydrogen (secondary N) is 1. The molecule has 0 bridgehead atoms. The molecule has 6 heteroatoms. The Morgan fingerprint density at radius 2 is 1.76 bits per heavy atom. The van der Waals surface area contributed by atoms with Gasteiger partial charge < -0.3 is 10.2 Å². The minimum atomic E-state index is -0.274. The quantitative estimate of drug-likeness (QED) is 0.473. The zero-order chi connectivity index (χ0) is 22.6. The van der Waals surface area contributed by atoms with E-state index in [1.165, 1.54) is 5.56 Å². The van der Waals surface area contributed by atoms with E-state index in [0.29, 0.717) is 11.6 Å². The van der Waals surface area contributed by atoms with Gasteiger partial charge in [-0.3, -0.25) is 9.78 Å². The molecule has 1 amide bonds. The van der Waals surface area contributed by atoms with Crippen LogP contribution in [0.5, 0.6) is 0 Å². The zero-order valence-electron chi connectivity index (χ0n) is 18.7. The van der Waals surface area contributed by atoms with Crippen LogP contribution in [0.3, 0.4) is 0 Å². The minimum Gasteiger partial charge on any atom is -0.355 e. The highest BCUT2D eigenvalue weighted by molar-refractivity contribution is 6.07. The van der Waals surface area contributed by atoms with Gasteiger partial charge in [0.25, 0.3) is 5.91 Å². The van der Waals surface area contributed by atoms with Gasteiger partial charge >= 0.3 is 0 Å². The molecule has 33 heavy (non-hydrogen) atoms. The number of hydrogen-bond acceptors (Lipinski definition) is 5. The molecule has 0 radical (unpaired) electrons. The Labute approximate surface area is 193 Å². The smallest absolute Gasteiger partial charge is 0.276 e. The number of fused-ring (bicyclic) bond motifs is 1. The predicted molar refractivity (Wildman–Crippen MR) is 132 cm³/mol. The van der Waals surface area contributed by atoms with E-state index >= 15 is 0 Å². The van der Waals surface area contributed by atoms with Crippen LogP contribution in [0.25, 0.3) is 10.9 Å². The SMILES string of the molecule is Cc1ccc2c(NC(=O)c3ccc(N4CCC(Cc5ccccc5)CC4)nn3)cccc2n1. The summed E-state index contributed by atoms with van der Waals surface area (Å²) in [4.78, 5) is 19.6. The number of nitrogens with zero attached hydrogens (tertiary/aromatic N) is 4. The molecule has 0 unspecified atom stereocenters. The average Bonchev–Trinajstić information content (AvgIpc) is 2.85. The van der Waals surface area contributed by atoms with Gasteiger partial charge in [0.1, 0.15) is 0 Å². The molecule has 1 saturated heterocycles. The molecule has 1 N–H and O–H groups in total. The second kappa shape index (κ2) is 9.36. The van der Waals surface area contributed by atoms with Crippen LogP contribution < -0.4 is 10.2 Å². The van der Waals surface area contributed by atoms with Gasteiger partial charge in [-0.05, 0) is 74.1 Å². The van der Waals surface area contributed by atoms with Gasteiger partial charge in [-0.1, -0.05) is 36.4 Å². The molecule has 3 heterocycles. The first-order valence-electron chi connectivity index (χ1n) is 11.5. The van der Waals surface area contributed by atoms with Gasteiger partial charge in [-0.2, -0.15) is 0 Å². The van der Waals surface area contributed by atoms with Gasteiger partial charge in [-0.25, -0.2) is 0 Å². The normalized spacial score (nSPS) is 14.4. The molecule has 0 atom stereocenters. The molecule has 1 fully saturated rings. The Balaban J connectivity index is 1.21. The van der Waals surface area contributed by atoms with E-state index in [4.69, 9.17) is 0 Å². The van der Waals surface area contributed by atoms with Crippen LogP contribution in [0.15, 0.2) is 72.8 Å². The number of piperidine rings is 1. The monoisotopic (exact) mass is 437 g/mol. The summed E-state index contributed by atoms with van der Waals surface area (Å²) in [7, 11) is 0. The summed E-state index contributed by atoms with van der Waals surface area (Å²) in [5.41, 5.74) is 4.22. The lowest BCUT2D eigenvalue weighted by Crippen LogP contribution is -2.35. The van der Waals surface area contributed by atoms with E-state index in [0.717, 1.165) is 60.5 Å². The number of aromatic nitrogens is 3. The number of pyridine rings is 1. The van der Waals surface area contributed by atoms with Crippen molar-refractivity contribution in [2.45, 2.75) is 26.2 Å². The van der Waals surface area contributed by atoms with Crippen LogP contribution in [0.2, 0.25) is 0 Å². The summed E-state index contributed by atoms with van der Waals surface area (Å²) in [6.45, 7) is 3.87. The molecule has 0 aliphatic carbocycles. The van der Waals surface area contributed by atoms with Crippen molar-refractivity contribution in [2.75, 3.05) is 23.3 Å². The largest absolute Gasteiger partial charge is 0.355 e. The number of anilines is 2. The number of carbonyl (C=O) groups excluding carboxylic acids is 1. The van der Waals surface area contributed by atoms with E-state index < -0.39 is 0 Å². The van der Waals surface area contributed by atoms with Crippen LogP contribution in [-0.2, 0) is 6.42 Å². The van der Waals surface area contributed by atoms with Gasteiger partial charge in [0, 0.05) is 24.2 Å². The van der Waals surface area contributed by atoms with Crippen molar-refractivity contribution in [3.8, 4) is 0 Å². The highest BCUT2D eigenvalue weighted by atomic mass is 16.1. The second-order valence-electron chi connectivity index (χ2n) is 8.68. The highest BCUT2D eigenvalue weighted by Crippen LogP contribution is 2.25. The number of rotatable bonds is 5. The third-order valence-electron chi connectivity index (χ3n) is 6.31. The third kappa shape index (κ3) is 4.85. The van der Waals surface area contributed by atoms with E-state index in [1.54, 1.807) is 6.07 Å². The summed E-state index contributed by atoms with van der Waals surface area (Å²) >= 11 is 0. The van der Waals surface area contributed by atoms with Gasteiger partial charge in [-0.15, -0.1) is 10.2 Å². The van der Waals surface area contributed by atoms with E-state index in [-0.39, 0.29) is 5.91 Å². The number of hydrogen-bond donors (Lipinski definition) is 1. The molecule has 1 aliphatic heterocycles. The van der Waals surface area contributed by atoms with E-state index in [9.17, 15) is 4.79 Å². The Morgan fingerprint density at radius 1 is 0.939 bits per heavy atom. The average molecular weight is 438 g/mol. The summed E-state index contributed by atoms with van der Waals surface area (Å²) in [5, 5.41) is 12.4. The molecule has 2 aromatic heterocycles. The Kier molecular flexibility index (Phi) is 5.98. The molecule has 6 nitrogen and oxygen atoms in total. The number of carbonyl (C=O) groups is 1. The molecule has 2 aromatic carbocycles. The molecule has 4 aromatic rings. The maximum absolute atomic E-state index is 12.8. The van der Waals surface area contributed by atoms with Crippen LogP contribution in [-0.4, -0.2) is 34.2 Å². The zero-order valence-corrected chi connectivity index (χ0v) is 18.7.